The van der Waals surface area contributed by atoms with Crippen LogP contribution in [0.15, 0.2) is 46.1 Å². The summed E-state index contributed by atoms with van der Waals surface area (Å²) < 4.78 is 34.4. The number of likely N-dealkylation sites (N-methyl/N-ethyl adjacent to an activating group) is 1. The second kappa shape index (κ2) is 7.58. The molecule has 0 bridgehead atoms. The molecule has 164 valence electrons. The third kappa shape index (κ3) is 3.43. The molecule has 1 aromatic heterocycles. The lowest BCUT2D eigenvalue weighted by Gasteiger charge is -2.38. The van der Waals surface area contributed by atoms with Crippen LogP contribution in [0.1, 0.15) is 5.56 Å². The highest BCUT2D eigenvalue weighted by Crippen LogP contribution is 2.42. The van der Waals surface area contributed by atoms with Gasteiger partial charge in [-0.3, -0.25) is 4.79 Å². The predicted molar refractivity (Wildman–Crippen MR) is 123 cm³/mol. The molecular weight excluding hydrogens is 416 g/mol. The first-order chi connectivity index (χ1) is 14.7. The smallest absolute Gasteiger partial charge is 0.253 e. The Balaban J connectivity index is 2.03. The summed E-state index contributed by atoms with van der Waals surface area (Å²) in [5, 5.41) is 0.901. The maximum Gasteiger partial charge on any atom is 0.253 e. The van der Waals surface area contributed by atoms with E-state index in [-0.39, 0.29) is 10.5 Å². The first kappa shape index (κ1) is 21.2. The van der Waals surface area contributed by atoms with E-state index in [1.165, 1.54) is 7.05 Å². The first-order valence-corrected chi connectivity index (χ1v) is 11.4. The molecule has 0 radical (unpaired) electrons. The number of benzene rings is 2. The van der Waals surface area contributed by atoms with Gasteiger partial charge in [-0.1, -0.05) is 0 Å². The maximum absolute atomic E-state index is 12.5. The van der Waals surface area contributed by atoms with Crippen LogP contribution in [0.4, 0.5) is 17.1 Å². The highest BCUT2D eigenvalue weighted by molar-refractivity contribution is 7.89. The van der Waals surface area contributed by atoms with E-state index in [2.05, 4.69) is 14.5 Å². The van der Waals surface area contributed by atoms with Crippen LogP contribution in [-0.4, -0.2) is 47.3 Å². The number of rotatable bonds is 4. The third-order valence-electron chi connectivity index (χ3n) is 5.89. The molecule has 1 aliphatic heterocycles. The number of aromatic nitrogens is 1. The Morgan fingerprint density at radius 3 is 2.42 bits per heavy atom. The summed E-state index contributed by atoms with van der Waals surface area (Å²) in [5.41, 5.74) is 3.91. The number of aryl methyl sites for hydroxylation is 2. The second-order valence-corrected chi connectivity index (χ2v) is 9.59. The van der Waals surface area contributed by atoms with Gasteiger partial charge in [-0.15, -0.1) is 0 Å². The van der Waals surface area contributed by atoms with Crippen molar-refractivity contribution in [2.24, 2.45) is 7.05 Å². The topological polar surface area (TPSA) is 83.9 Å². The van der Waals surface area contributed by atoms with Crippen molar-refractivity contribution in [3.63, 3.8) is 0 Å². The number of sulfonamides is 1. The Labute approximate surface area is 181 Å². The van der Waals surface area contributed by atoms with E-state index in [1.807, 2.05) is 31.3 Å². The Morgan fingerprint density at radius 2 is 1.74 bits per heavy atom. The fourth-order valence-corrected chi connectivity index (χ4v) is 4.83. The minimum Gasteiger partial charge on any atom is -0.497 e. The SMILES string of the molecule is CNS(=O)(=O)c1ccc2c(c1)N(c1cc(OC)cc3c1cc(C)c(=O)n3C)CCN2C. The number of hydrogen-bond donors (Lipinski definition) is 1. The number of methoxy groups -OCH3 is 1. The summed E-state index contributed by atoms with van der Waals surface area (Å²) in [5.74, 6) is 0.626. The first-order valence-electron chi connectivity index (χ1n) is 9.92. The third-order valence-corrected chi connectivity index (χ3v) is 7.30. The van der Waals surface area contributed by atoms with Crippen LogP contribution in [0.5, 0.6) is 5.75 Å². The lowest BCUT2D eigenvalue weighted by Crippen LogP contribution is -2.37. The van der Waals surface area contributed by atoms with Gasteiger partial charge in [0.05, 0.1) is 34.6 Å². The summed E-state index contributed by atoms with van der Waals surface area (Å²) in [7, 11) is 3.13. The molecule has 0 atom stereocenters. The molecule has 3 aromatic rings. The lowest BCUT2D eigenvalue weighted by atomic mass is 10.1. The molecule has 9 heteroatoms. The molecule has 8 nitrogen and oxygen atoms in total. The van der Waals surface area contributed by atoms with E-state index < -0.39 is 10.0 Å². The van der Waals surface area contributed by atoms with Gasteiger partial charge >= 0.3 is 0 Å². The van der Waals surface area contributed by atoms with Crippen LogP contribution in [-0.2, 0) is 17.1 Å². The average Bonchev–Trinajstić information content (AvgIpc) is 2.77. The highest BCUT2D eigenvalue weighted by atomic mass is 32.2. The highest BCUT2D eigenvalue weighted by Gasteiger charge is 2.26. The average molecular weight is 443 g/mol. The number of nitrogens with one attached hydrogen (secondary N) is 1. The van der Waals surface area contributed by atoms with E-state index in [9.17, 15) is 13.2 Å². The van der Waals surface area contributed by atoms with E-state index in [1.54, 1.807) is 37.8 Å². The Kier molecular flexibility index (Phi) is 5.18. The van der Waals surface area contributed by atoms with E-state index >= 15 is 0 Å². The second-order valence-electron chi connectivity index (χ2n) is 7.70. The fraction of sp³-hybridized carbons (Fsp3) is 0.318. The van der Waals surface area contributed by atoms with Gasteiger partial charge in [-0.05, 0) is 38.2 Å². The number of nitrogens with zero attached hydrogens (tertiary/aromatic N) is 3. The standard InChI is InChI=1S/C22H26N4O4S/c1-14-10-17-19(25(4)22(14)27)11-15(30-5)12-20(17)26-9-8-24(3)18-7-6-16(13-21(18)26)31(28,29)23-2/h6-7,10-13,23H,8-9H2,1-5H3. The molecule has 0 fully saturated rings. The van der Waals surface area contributed by atoms with Gasteiger partial charge in [0, 0.05) is 50.3 Å². The zero-order valence-corrected chi connectivity index (χ0v) is 19.1. The van der Waals surface area contributed by atoms with Crippen molar-refractivity contribution >= 4 is 38.0 Å². The molecule has 0 unspecified atom stereocenters. The van der Waals surface area contributed by atoms with Crippen molar-refractivity contribution in [2.45, 2.75) is 11.8 Å². The molecule has 2 heterocycles. The molecule has 0 saturated heterocycles. The number of ether oxygens (including phenoxy) is 1. The van der Waals surface area contributed by atoms with Gasteiger partial charge in [0.1, 0.15) is 5.75 Å². The Hall–Kier alpha value is -3.04. The zero-order chi connectivity index (χ0) is 22.5. The van der Waals surface area contributed by atoms with Crippen molar-refractivity contribution in [2.75, 3.05) is 44.1 Å². The van der Waals surface area contributed by atoms with Crippen LogP contribution >= 0.6 is 0 Å². The number of hydrogen-bond acceptors (Lipinski definition) is 6. The summed E-state index contributed by atoms with van der Waals surface area (Å²) >= 11 is 0. The lowest BCUT2D eigenvalue weighted by molar-refractivity contribution is 0.415. The van der Waals surface area contributed by atoms with E-state index in [0.29, 0.717) is 17.9 Å². The molecule has 31 heavy (non-hydrogen) atoms. The van der Waals surface area contributed by atoms with Gasteiger partial charge < -0.3 is 19.1 Å². The Bertz CT molecular complexity index is 1350. The summed E-state index contributed by atoms with van der Waals surface area (Å²) in [6, 6.07) is 10.8. The quantitative estimate of drug-likeness (QED) is 0.668. The molecule has 0 amide bonds. The van der Waals surface area contributed by atoms with Crippen molar-refractivity contribution in [1.29, 1.82) is 0 Å². The van der Waals surface area contributed by atoms with Gasteiger partial charge in [0.2, 0.25) is 10.0 Å². The van der Waals surface area contributed by atoms with E-state index in [4.69, 9.17) is 4.74 Å². The van der Waals surface area contributed by atoms with Crippen molar-refractivity contribution < 1.29 is 13.2 Å². The fourth-order valence-electron chi connectivity index (χ4n) is 4.08. The normalized spacial score (nSPS) is 14.1. The van der Waals surface area contributed by atoms with Gasteiger partial charge in [0.15, 0.2) is 0 Å². The minimum atomic E-state index is -3.59. The number of pyridine rings is 1. The Morgan fingerprint density at radius 1 is 1.00 bits per heavy atom. The number of anilines is 3. The van der Waals surface area contributed by atoms with Gasteiger partial charge in [-0.2, -0.15) is 0 Å². The van der Waals surface area contributed by atoms with Crippen LogP contribution in [0, 0.1) is 6.92 Å². The maximum atomic E-state index is 12.5. The molecule has 4 rings (SSSR count). The summed E-state index contributed by atoms with van der Waals surface area (Å²) in [6.07, 6.45) is 0. The van der Waals surface area contributed by atoms with Crippen LogP contribution in [0.25, 0.3) is 10.9 Å². The van der Waals surface area contributed by atoms with Crippen LogP contribution in [0.3, 0.4) is 0 Å². The summed E-state index contributed by atoms with van der Waals surface area (Å²) in [6.45, 7) is 3.20. The number of fused-ring (bicyclic) bond motifs is 2. The molecule has 0 aliphatic carbocycles. The van der Waals surface area contributed by atoms with Gasteiger partial charge in [0.25, 0.3) is 5.56 Å². The molecule has 1 aliphatic rings. The van der Waals surface area contributed by atoms with Crippen LogP contribution < -0.4 is 24.8 Å². The van der Waals surface area contributed by atoms with Crippen molar-refractivity contribution in [3.8, 4) is 5.75 Å². The zero-order valence-electron chi connectivity index (χ0n) is 18.3. The van der Waals surface area contributed by atoms with E-state index in [0.717, 1.165) is 34.5 Å². The van der Waals surface area contributed by atoms with Crippen molar-refractivity contribution in [1.82, 2.24) is 9.29 Å². The monoisotopic (exact) mass is 442 g/mol. The largest absolute Gasteiger partial charge is 0.497 e. The molecule has 0 saturated carbocycles. The predicted octanol–water partition coefficient (Wildman–Crippen LogP) is 2.35. The summed E-state index contributed by atoms with van der Waals surface area (Å²) in [4.78, 5) is 16.9. The minimum absolute atomic E-state index is 0.0621. The molecule has 1 N–H and O–H groups in total. The van der Waals surface area contributed by atoms with Gasteiger partial charge in [-0.25, -0.2) is 13.1 Å². The molecule has 2 aromatic carbocycles. The van der Waals surface area contributed by atoms with Crippen molar-refractivity contribution in [3.05, 3.63) is 52.3 Å². The molecule has 0 spiro atoms. The molecular formula is C22H26N4O4S. The van der Waals surface area contributed by atoms with Crippen LogP contribution in [0.2, 0.25) is 0 Å².